The Morgan fingerprint density at radius 2 is 1.54 bits per heavy atom. The van der Waals surface area contributed by atoms with E-state index in [-0.39, 0.29) is 5.88 Å². The van der Waals surface area contributed by atoms with E-state index in [4.69, 9.17) is 10.7 Å². The zero-order valence-electron chi connectivity index (χ0n) is 23.0. The number of nitrogens with one attached hydrogen (secondary N) is 1. The fraction of sp³-hybridized carbons (Fsp3) is 0.200. The molecule has 206 valence electrons. The van der Waals surface area contributed by atoms with Crippen LogP contribution in [0.4, 0.5) is 5.69 Å². The number of carbonyl (C=O) groups excluding carboxylic acids is 1. The molecule has 1 aliphatic heterocycles. The van der Waals surface area contributed by atoms with E-state index >= 15 is 0 Å². The first-order chi connectivity index (χ1) is 20.0. The van der Waals surface area contributed by atoms with E-state index in [0.29, 0.717) is 27.7 Å². The number of aliphatic imine (C=N–C) groups is 1. The lowest BCUT2D eigenvalue weighted by Gasteiger charge is -2.32. The number of benzene rings is 4. The smallest absolute Gasteiger partial charge is 0.248 e. The summed E-state index contributed by atoms with van der Waals surface area (Å²) in [5.74, 6) is 0.228. The summed E-state index contributed by atoms with van der Waals surface area (Å²) in [6.45, 7) is 3.15. The molecule has 6 nitrogen and oxygen atoms in total. The Morgan fingerprint density at radius 1 is 0.854 bits per heavy atom. The van der Waals surface area contributed by atoms with Gasteiger partial charge in [0.15, 0.2) is 5.88 Å². The number of fused-ring (bicyclic) bond motifs is 1. The number of nitrogens with two attached hydrogens (primary N) is 1. The fourth-order valence-corrected chi connectivity index (χ4v) is 5.79. The van der Waals surface area contributed by atoms with Gasteiger partial charge in [0.25, 0.3) is 0 Å². The van der Waals surface area contributed by atoms with Gasteiger partial charge in [-0.05, 0) is 79.7 Å². The van der Waals surface area contributed by atoms with Crippen LogP contribution in [-0.2, 0) is 13.0 Å². The maximum absolute atomic E-state index is 11.9. The van der Waals surface area contributed by atoms with Crippen molar-refractivity contribution in [2.75, 3.05) is 13.1 Å². The molecule has 0 saturated carbocycles. The summed E-state index contributed by atoms with van der Waals surface area (Å²) >= 11 is 0. The number of nitrogens with zero attached hydrogens (tertiary/aromatic N) is 2. The minimum absolute atomic E-state index is 0.00323. The van der Waals surface area contributed by atoms with E-state index in [1.165, 1.54) is 30.4 Å². The first-order valence-electron chi connectivity index (χ1n) is 14.2. The molecule has 41 heavy (non-hydrogen) atoms. The molecule has 0 radical (unpaired) electrons. The molecule has 0 bridgehead atoms. The largest absolute Gasteiger partial charge is 0.494 e. The van der Waals surface area contributed by atoms with Gasteiger partial charge in [0.05, 0.1) is 17.0 Å². The molecule has 0 atom stereocenters. The molecule has 1 fully saturated rings. The maximum atomic E-state index is 11.9. The molecule has 1 aliphatic rings. The van der Waals surface area contributed by atoms with E-state index < -0.39 is 5.91 Å². The lowest BCUT2D eigenvalue weighted by Crippen LogP contribution is -2.33. The first kappa shape index (κ1) is 26.5. The highest BCUT2D eigenvalue weighted by molar-refractivity contribution is 6.22. The van der Waals surface area contributed by atoms with Crippen molar-refractivity contribution >= 4 is 28.2 Å². The number of aromatic hydroxyl groups is 1. The lowest BCUT2D eigenvalue weighted by molar-refractivity contribution is 0.100. The second-order valence-electron chi connectivity index (χ2n) is 10.9. The molecule has 6 rings (SSSR count). The number of hydrogen-bond acceptors (Lipinski definition) is 4. The Hall–Kier alpha value is -4.68. The molecular weight excluding hydrogens is 508 g/mol. The van der Waals surface area contributed by atoms with Crippen LogP contribution < -0.4 is 5.73 Å². The average molecular weight is 543 g/mol. The maximum Gasteiger partial charge on any atom is 0.248 e. The standard InChI is InChI=1S/C35H34N4O2/c36-34(40)28-13-16-31-30(22-28)32(35(41)38-31)33(27-9-5-2-6-10-27)37-29-14-11-26(12-15-29)23-39-19-17-25(18-20-39)21-24-7-3-1-4-8-24/h1-16,22,25,38,41H,17-21,23H2,(H2,36,40). The zero-order valence-corrected chi connectivity index (χ0v) is 23.0. The Labute approximate surface area is 240 Å². The molecule has 0 spiro atoms. The SMILES string of the molecule is NC(=O)c1ccc2[nH]c(O)c(C(=Nc3ccc(CN4CCC(Cc5ccccc5)CC4)cc3)c3ccccc3)c2c1. The zero-order chi connectivity index (χ0) is 28.2. The third-order valence-corrected chi connectivity index (χ3v) is 8.01. The molecule has 1 saturated heterocycles. The number of piperidine rings is 1. The van der Waals surface area contributed by atoms with Gasteiger partial charge in [0.1, 0.15) is 0 Å². The molecule has 6 heteroatoms. The summed E-state index contributed by atoms with van der Waals surface area (Å²) in [4.78, 5) is 22.4. The molecular formula is C35H34N4O2. The van der Waals surface area contributed by atoms with Crippen molar-refractivity contribution in [3.05, 3.63) is 131 Å². The van der Waals surface area contributed by atoms with E-state index in [1.807, 2.05) is 42.5 Å². The average Bonchev–Trinajstić information content (AvgIpc) is 3.33. The second kappa shape index (κ2) is 11.8. The summed E-state index contributed by atoms with van der Waals surface area (Å²) in [6, 6.07) is 34.0. The third kappa shape index (κ3) is 6.08. The molecule has 4 N–H and O–H groups in total. The van der Waals surface area contributed by atoms with Gasteiger partial charge in [-0.25, -0.2) is 4.99 Å². The van der Waals surface area contributed by atoms with Gasteiger partial charge in [-0.2, -0.15) is 0 Å². The number of aromatic nitrogens is 1. The van der Waals surface area contributed by atoms with Crippen LogP contribution in [-0.4, -0.2) is 39.7 Å². The molecule has 2 heterocycles. The van der Waals surface area contributed by atoms with Crippen LogP contribution in [0.5, 0.6) is 5.88 Å². The summed E-state index contributed by atoms with van der Waals surface area (Å²) in [5, 5.41) is 11.6. The number of H-pyrrole nitrogens is 1. The van der Waals surface area contributed by atoms with E-state index in [0.717, 1.165) is 36.8 Å². The summed E-state index contributed by atoms with van der Waals surface area (Å²) < 4.78 is 0. The van der Waals surface area contributed by atoms with Gasteiger partial charge in [-0.3, -0.25) is 9.69 Å². The monoisotopic (exact) mass is 542 g/mol. The Balaban J connectivity index is 1.21. The van der Waals surface area contributed by atoms with Crippen molar-refractivity contribution in [1.29, 1.82) is 0 Å². The van der Waals surface area contributed by atoms with E-state index in [9.17, 15) is 9.90 Å². The predicted molar refractivity (Wildman–Crippen MR) is 165 cm³/mol. The topological polar surface area (TPSA) is 94.7 Å². The Morgan fingerprint density at radius 3 is 2.22 bits per heavy atom. The molecule has 4 aromatic carbocycles. The van der Waals surface area contributed by atoms with Crippen molar-refractivity contribution in [2.24, 2.45) is 16.6 Å². The van der Waals surface area contributed by atoms with Crippen LogP contribution in [0, 0.1) is 5.92 Å². The number of likely N-dealkylation sites (tertiary alicyclic amines) is 1. The molecule has 0 aliphatic carbocycles. The highest BCUT2D eigenvalue weighted by Crippen LogP contribution is 2.32. The van der Waals surface area contributed by atoms with Gasteiger partial charge in [-0.1, -0.05) is 72.8 Å². The number of amides is 1. The number of primary amides is 1. The van der Waals surface area contributed by atoms with Crippen molar-refractivity contribution in [3.63, 3.8) is 0 Å². The molecule has 5 aromatic rings. The van der Waals surface area contributed by atoms with Gasteiger partial charge in [0, 0.05) is 28.6 Å². The Kier molecular flexibility index (Phi) is 7.65. The van der Waals surface area contributed by atoms with Gasteiger partial charge < -0.3 is 15.8 Å². The van der Waals surface area contributed by atoms with E-state index in [2.05, 4.69) is 52.3 Å². The normalized spacial score (nSPS) is 14.9. The summed E-state index contributed by atoms with van der Waals surface area (Å²) in [6.07, 6.45) is 3.62. The number of hydrogen-bond donors (Lipinski definition) is 3. The third-order valence-electron chi connectivity index (χ3n) is 8.01. The van der Waals surface area contributed by atoms with Crippen molar-refractivity contribution in [3.8, 4) is 5.88 Å². The van der Waals surface area contributed by atoms with Crippen LogP contribution in [0.25, 0.3) is 10.9 Å². The van der Waals surface area contributed by atoms with Crippen molar-refractivity contribution in [1.82, 2.24) is 9.88 Å². The molecule has 1 amide bonds. The predicted octanol–water partition coefficient (Wildman–Crippen LogP) is 6.60. The van der Waals surface area contributed by atoms with Crippen LogP contribution >= 0.6 is 0 Å². The van der Waals surface area contributed by atoms with Gasteiger partial charge in [-0.15, -0.1) is 0 Å². The Bertz CT molecular complexity index is 1670. The number of aromatic amines is 1. The fourth-order valence-electron chi connectivity index (χ4n) is 5.79. The summed E-state index contributed by atoms with van der Waals surface area (Å²) in [7, 11) is 0. The van der Waals surface area contributed by atoms with Crippen molar-refractivity contribution < 1.29 is 9.90 Å². The number of rotatable bonds is 8. The second-order valence-corrected chi connectivity index (χ2v) is 10.9. The van der Waals surface area contributed by atoms with Crippen LogP contribution in [0.3, 0.4) is 0 Å². The van der Waals surface area contributed by atoms with Crippen LogP contribution in [0.1, 0.15) is 45.5 Å². The molecule has 0 unspecified atom stereocenters. The quantitative estimate of drug-likeness (QED) is 0.193. The van der Waals surface area contributed by atoms with Crippen LogP contribution in [0.2, 0.25) is 0 Å². The number of carbonyl (C=O) groups is 1. The lowest BCUT2D eigenvalue weighted by atomic mass is 9.90. The molecule has 1 aromatic heterocycles. The van der Waals surface area contributed by atoms with E-state index in [1.54, 1.807) is 18.2 Å². The van der Waals surface area contributed by atoms with Gasteiger partial charge in [0.2, 0.25) is 5.91 Å². The minimum Gasteiger partial charge on any atom is -0.494 e. The van der Waals surface area contributed by atoms with Crippen LogP contribution in [0.15, 0.2) is 108 Å². The highest BCUT2D eigenvalue weighted by atomic mass is 16.3. The first-order valence-corrected chi connectivity index (χ1v) is 14.2. The van der Waals surface area contributed by atoms with Crippen molar-refractivity contribution in [2.45, 2.75) is 25.8 Å². The summed E-state index contributed by atoms with van der Waals surface area (Å²) in [5.41, 5.74) is 12.1. The minimum atomic E-state index is -0.521. The highest BCUT2D eigenvalue weighted by Gasteiger charge is 2.21. The van der Waals surface area contributed by atoms with Gasteiger partial charge >= 0.3 is 0 Å².